The van der Waals surface area contributed by atoms with E-state index < -0.39 is 0 Å². The maximum absolute atomic E-state index is 11.4. The fourth-order valence-corrected chi connectivity index (χ4v) is 2.91. The zero-order chi connectivity index (χ0) is 13.1. The molecule has 0 aromatic carbocycles. The molecule has 0 saturated carbocycles. The second-order valence-corrected chi connectivity index (χ2v) is 5.71. The normalized spacial score (nSPS) is 11.6. The summed E-state index contributed by atoms with van der Waals surface area (Å²) in [6.07, 6.45) is 1.93. The van der Waals surface area contributed by atoms with Crippen LogP contribution in [0.3, 0.4) is 0 Å². The summed E-state index contributed by atoms with van der Waals surface area (Å²) in [4.78, 5) is 14.1. The average molecular weight is 266 g/mol. The molecule has 0 fully saturated rings. The van der Waals surface area contributed by atoms with Gasteiger partial charge in [-0.05, 0) is 18.8 Å². The van der Waals surface area contributed by atoms with Gasteiger partial charge in [-0.15, -0.1) is 10.2 Å². The number of nitrogens with zero attached hydrogens (tertiary/aromatic N) is 3. The molecule has 0 aliphatic heterocycles. The lowest BCUT2D eigenvalue weighted by molar-refractivity contribution is 0.631. The summed E-state index contributed by atoms with van der Waals surface area (Å²) in [6, 6.07) is 1.61. The van der Waals surface area contributed by atoms with Crippen molar-refractivity contribution in [3.05, 3.63) is 22.1 Å². The predicted octanol–water partition coefficient (Wildman–Crippen LogP) is 2.12. The quantitative estimate of drug-likeness (QED) is 0.842. The number of hydrogen-bond acceptors (Lipinski definition) is 4. The summed E-state index contributed by atoms with van der Waals surface area (Å²) in [5, 5.41) is 9.03. The minimum absolute atomic E-state index is 0.120. The van der Waals surface area contributed by atoms with E-state index in [-0.39, 0.29) is 5.56 Å². The number of hydrogen-bond donors (Lipinski definition) is 1. The molecule has 5 nitrogen and oxygen atoms in total. The van der Waals surface area contributed by atoms with Crippen molar-refractivity contribution in [1.82, 2.24) is 19.6 Å². The number of aryl methyl sites for hydroxylation is 1. The Morgan fingerprint density at radius 3 is 2.89 bits per heavy atom. The number of aromatic nitrogens is 4. The molecule has 0 amide bonds. The Hall–Kier alpha value is -1.30. The minimum Gasteiger partial charge on any atom is -0.291 e. The molecule has 0 aliphatic rings. The third-order valence-corrected chi connectivity index (χ3v) is 3.70. The van der Waals surface area contributed by atoms with E-state index >= 15 is 0 Å². The van der Waals surface area contributed by atoms with Gasteiger partial charge in [0, 0.05) is 17.5 Å². The Kier molecular flexibility index (Phi) is 4.06. The highest BCUT2D eigenvalue weighted by Gasteiger charge is 2.10. The highest BCUT2D eigenvalue weighted by molar-refractivity contribution is 7.99. The van der Waals surface area contributed by atoms with E-state index in [4.69, 9.17) is 0 Å². The van der Waals surface area contributed by atoms with Crippen LogP contribution in [0.1, 0.15) is 32.9 Å². The number of fused-ring (bicyclic) bond motifs is 1. The van der Waals surface area contributed by atoms with Crippen LogP contribution in [0.25, 0.3) is 5.78 Å². The van der Waals surface area contributed by atoms with Crippen LogP contribution in [-0.4, -0.2) is 25.3 Å². The Balaban J connectivity index is 2.31. The maximum Gasteiger partial charge on any atom is 0.252 e. The van der Waals surface area contributed by atoms with Gasteiger partial charge in [0.1, 0.15) is 0 Å². The topological polar surface area (TPSA) is 63.0 Å². The Morgan fingerprint density at radius 1 is 1.44 bits per heavy atom. The summed E-state index contributed by atoms with van der Waals surface area (Å²) in [5.74, 6) is 2.23. The first-order valence-corrected chi connectivity index (χ1v) is 7.20. The number of nitrogens with one attached hydrogen (secondary N) is 1. The standard InChI is InChI=1S/C12H18N4OS/c1-4-9-7-10(17)13-11-14-15-12(16(9)11)18-6-5-8(2)3/h7-8H,4-6H2,1-3H3,(H,13,14,17). The molecule has 0 unspecified atom stereocenters. The summed E-state index contributed by atoms with van der Waals surface area (Å²) >= 11 is 1.69. The molecule has 2 rings (SSSR count). The first-order valence-electron chi connectivity index (χ1n) is 6.22. The first-order chi connectivity index (χ1) is 8.61. The van der Waals surface area contributed by atoms with E-state index in [0.29, 0.717) is 11.7 Å². The molecule has 2 aromatic heterocycles. The van der Waals surface area contributed by atoms with E-state index in [0.717, 1.165) is 29.4 Å². The highest BCUT2D eigenvalue weighted by Crippen LogP contribution is 2.19. The number of rotatable bonds is 5. The van der Waals surface area contributed by atoms with E-state index in [1.54, 1.807) is 17.8 Å². The van der Waals surface area contributed by atoms with Gasteiger partial charge >= 0.3 is 0 Å². The molecule has 0 aliphatic carbocycles. The molecule has 6 heteroatoms. The lowest BCUT2D eigenvalue weighted by Crippen LogP contribution is -2.11. The first kappa shape index (κ1) is 13.1. The van der Waals surface area contributed by atoms with Crippen molar-refractivity contribution < 1.29 is 0 Å². The van der Waals surface area contributed by atoms with Gasteiger partial charge in [-0.2, -0.15) is 0 Å². The predicted molar refractivity (Wildman–Crippen MR) is 73.2 cm³/mol. The fraction of sp³-hybridized carbons (Fsp3) is 0.583. The summed E-state index contributed by atoms with van der Waals surface area (Å²) in [5.41, 5.74) is 0.830. The minimum atomic E-state index is -0.120. The Labute approximate surface area is 110 Å². The molecule has 0 bridgehead atoms. The molecular weight excluding hydrogens is 248 g/mol. The Morgan fingerprint density at radius 2 is 2.22 bits per heavy atom. The molecule has 0 spiro atoms. The van der Waals surface area contributed by atoms with Crippen molar-refractivity contribution in [2.75, 3.05) is 5.75 Å². The van der Waals surface area contributed by atoms with Crippen LogP contribution < -0.4 is 5.56 Å². The van der Waals surface area contributed by atoms with Crippen molar-refractivity contribution in [3.63, 3.8) is 0 Å². The van der Waals surface area contributed by atoms with Crippen LogP contribution in [0.5, 0.6) is 0 Å². The van der Waals surface area contributed by atoms with Crippen molar-refractivity contribution in [3.8, 4) is 0 Å². The fourth-order valence-electron chi connectivity index (χ4n) is 1.71. The van der Waals surface area contributed by atoms with Gasteiger partial charge in [-0.3, -0.25) is 14.2 Å². The summed E-state index contributed by atoms with van der Waals surface area (Å²) < 4.78 is 1.94. The van der Waals surface area contributed by atoms with Crippen LogP contribution in [0.2, 0.25) is 0 Å². The average Bonchev–Trinajstić information content (AvgIpc) is 2.71. The van der Waals surface area contributed by atoms with Gasteiger partial charge in [0.05, 0.1) is 0 Å². The third kappa shape index (κ3) is 2.75. The van der Waals surface area contributed by atoms with E-state index in [9.17, 15) is 4.79 Å². The Bertz CT molecular complexity index is 587. The monoisotopic (exact) mass is 266 g/mol. The lowest BCUT2D eigenvalue weighted by Gasteiger charge is -2.05. The molecule has 18 heavy (non-hydrogen) atoms. The number of aromatic amines is 1. The SMILES string of the molecule is CCc1cc(=O)[nH]c2nnc(SCCC(C)C)n12. The van der Waals surface area contributed by atoms with Crippen LogP contribution in [0, 0.1) is 5.92 Å². The zero-order valence-corrected chi connectivity index (χ0v) is 11.8. The molecular formula is C12H18N4OS. The second kappa shape index (κ2) is 5.56. The number of H-pyrrole nitrogens is 1. The summed E-state index contributed by atoms with van der Waals surface area (Å²) in [7, 11) is 0. The van der Waals surface area contributed by atoms with Crippen LogP contribution in [-0.2, 0) is 6.42 Å². The van der Waals surface area contributed by atoms with Crippen molar-refractivity contribution in [2.24, 2.45) is 5.92 Å². The molecule has 1 N–H and O–H groups in total. The van der Waals surface area contributed by atoms with Gasteiger partial charge in [0.2, 0.25) is 5.78 Å². The van der Waals surface area contributed by atoms with E-state index in [1.807, 2.05) is 11.3 Å². The van der Waals surface area contributed by atoms with Gasteiger partial charge in [-0.1, -0.05) is 32.5 Å². The largest absolute Gasteiger partial charge is 0.291 e. The molecule has 98 valence electrons. The third-order valence-electron chi connectivity index (χ3n) is 2.74. The van der Waals surface area contributed by atoms with Crippen molar-refractivity contribution >= 4 is 17.5 Å². The van der Waals surface area contributed by atoms with E-state index in [1.165, 1.54) is 0 Å². The van der Waals surface area contributed by atoms with Gasteiger partial charge in [-0.25, -0.2) is 0 Å². The molecule has 2 heterocycles. The molecule has 0 radical (unpaired) electrons. The van der Waals surface area contributed by atoms with E-state index in [2.05, 4.69) is 29.0 Å². The summed E-state index contributed by atoms with van der Waals surface area (Å²) in [6.45, 7) is 6.44. The van der Waals surface area contributed by atoms with Gasteiger partial charge < -0.3 is 0 Å². The van der Waals surface area contributed by atoms with Crippen LogP contribution in [0.15, 0.2) is 16.0 Å². The molecule has 0 atom stereocenters. The maximum atomic E-state index is 11.4. The number of thioether (sulfide) groups is 1. The highest BCUT2D eigenvalue weighted by atomic mass is 32.2. The van der Waals surface area contributed by atoms with Gasteiger partial charge in [0.25, 0.3) is 5.56 Å². The smallest absolute Gasteiger partial charge is 0.252 e. The van der Waals surface area contributed by atoms with Crippen molar-refractivity contribution in [1.29, 1.82) is 0 Å². The zero-order valence-electron chi connectivity index (χ0n) is 10.9. The van der Waals surface area contributed by atoms with Crippen molar-refractivity contribution in [2.45, 2.75) is 38.8 Å². The van der Waals surface area contributed by atoms with Gasteiger partial charge in [0.15, 0.2) is 5.16 Å². The molecule has 0 saturated heterocycles. The lowest BCUT2D eigenvalue weighted by atomic mass is 10.2. The van der Waals surface area contributed by atoms with Crippen LogP contribution in [0.4, 0.5) is 0 Å². The van der Waals surface area contributed by atoms with Crippen LogP contribution >= 0.6 is 11.8 Å². The molecule has 2 aromatic rings. The second-order valence-electron chi connectivity index (χ2n) is 4.65.